The van der Waals surface area contributed by atoms with Gasteiger partial charge in [0.2, 0.25) is 0 Å². The number of benzene rings is 3. The molecule has 0 heterocycles. The predicted molar refractivity (Wildman–Crippen MR) is 101 cm³/mol. The van der Waals surface area contributed by atoms with Crippen molar-refractivity contribution in [1.29, 1.82) is 0 Å². The first-order valence-corrected chi connectivity index (χ1v) is 7.72. The molecule has 1 amide bonds. The van der Waals surface area contributed by atoms with E-state index >= 15 is 0 Å². The van der Waals surface area contributed by atoms with Gasteiger partial charge in [-0.1, -0.05) is 48.0 Å². The number of carbonyl (C=O) groups excluding carboxylic acids is 1. The standard InChI is InChI=1S/C19H13ClN4O/c1-23-16-7-3-6-15(20)17(16)13-5-2-4-11-8-9-12(10-14(11)13)18(25)24-19(21)22/h2-10H,(H4,21,22,24,25). The third-order valence-corrected chi connectivity index (χ3v) is 4.06. The molecule has 0 aromatic heterocycles. The van der Waals surface area contributed by atoms with Gasteiger partial charge in [-0.3, -0.25) is 4.79 Å². The number of nitrogens with two attached hydrogens (primary N) is 2. The Morgan fingerprint density at radius 1 is 1.08 bits per heavy atom. The van der Waals surface area contributed by atoms with E-state index in [-0.39, 0.29) is 5.96 Å². The molecule has 0 bridgehead atoms. The lowest BCUT2D eigenvalue weighted by molar-refractivity contribution is 0.100. The number of rotatable bonds is 2. The zero-order valence-electron chi connectivity index (χ0n) is 13.0. The van der Waals surface area contributed by atoms with Crippen LogP contribution in [0.1, 0.15) is 10.4 Å². The first-order chi connectivity index (χ1) is 12.0. The van der Waals surface area contributed by atoms with Crippen LogP contribution in [-0.2, 0) is 0 Å². The predicted octanol–water partition coefficient (Wildman–Crippen LogP) is 4.12. The van der Waals surface area contributed by atoms with Gasteiger partial charge in [-0.25, -0.2) is 4.85 Å². The van der Waals surface area contributed by atoms with Crippen LogP contribution in [-0.4, -0.2) is 11.9 Å². The van der Waals surface area contributed by atoms with Gasteiger partial charge < -0.3 is 11.5 Å². The Bertz CT molecular complexity index is 1060. The molecule has 3 rings (SSSR count). The minimum absolute atomic E-state index is 0.292. The molecule has 3 aromatic carbocycles. The van der Waals surface area contributed by atoms with Crippen LogP contribution in [0.2, 0.25) is 5.02 Å². The van der Waals surface area contributed by atoms with Crippen molar-refractivity contribution in [1.82, 2.24) is 0 Å². The van der Waals surface area contributed by atoms with Gasteiger partial charge in [0.15, 0.2) is 11.6 Å². The van der Waals surface area contributed by atoms with E-state index in [1.54, 1.807) is 30.3 Å². The minimum Gasteiger partial charge on any atom is -0.370 e. The summed E-state index contributed by atoms with van der Waals surface area (Å²) in [5.74, 6) is -0.818. The molecule has 0 saturated carbocycles. The lowest BCUT2D eigenvalue weighted by Crippen LogP contribution is -2.24. The zero-order chi connectivity index (χ0) is 18.0. The maximum atomic E-state index is 12.1. The molecule has 25 heavy (non-hydrogen) atoms. The summed E-state index contributed by atoms with van der Waals surface area (Å²) in [5.41, 5.74) is 12.8. The first-order valence-electron chi connectivity index (χ1n) is 7.34. The van der Waals surface area contributed by atoms with Crippen LogP contribution in [0.4, 0.5) is 5.69 Å². The third kappa shape index (κ3) is 3.16. The number of hydrogen-bond acceptors (Lipinski definition) is 1. The summed E-state index contributed by atoms with van der Waals surface area (Å²) >= 11 is 6.35. The number of amides is 1. The fourth-order valence-corrected chi connectivity index (χ4v) is 2.95. The van der Waals surface area contributed by atoms with Gasteiger partial charge in [0, 0.05) is 16.1 Å². The van der Waals surface area contributed by atoms with Gasteiger partial charge in [0.1, 0.15) is 0 Å². The number of carbonyl (C=O) groups is 1. The maximum Gasteiger partial charge on any atom is 0.280 e. The van der Waals surface area contributed by atoms with Crippen LogP contribution < -0.4 is 11.5 Å². The smallest absolute Gasteiger partial charge is 0.280 e. The van der Waals surface area contributed by atoms with E-state index in [4.69, 9.17) is 29.6 Å². The van der Waals surface area contributed by atoms with Crippen LogP contribution in [0.5, 0.6) is 0 Å². The van der Waals surface area contributed by atoms with E-state index in [1.165, 1.54) is 0 Å². The number of nitrogens with zero attached hydrogens (tertiary/aromatic N) is 2. The average Bonchev–Trinajstić information content (AvgIpc) is 2.60. The second-order valence-corrected chi connectivity index (χ2v) is 5.74. The molecule has 0 radical (unpaired) electrons. The van der Waals surface area contributed by atoms with Gasteiger partial charge in [-0.15, -0.1) is 0 Å². The van der Waals surface area contributed by atoms with Crippen LogP contribution in [0.3, 0.4) is 0 Å². The number of fused-ring (bicyclic) bond motifs is 1. The molecule has 3 aromatic rings. The van der Waals surface area contributed by atoms with Gasteiger partial charge in [0.05, 0.1) is 6.57 Å². The van der Waals surface area contributed by atoms with Crippen molar-refractivity contribution in [2.45, 2.75) is 0 Å². The fourth-order valence-electron chi connectivity index (χ4n) is 2.68. The Morgan fingerprint density at radius 3 is 2.56 bits per heavy atom. The van der Waals surface area contributed by atoms with Gasteiger partial charge in [0.25, 0.3) is 5.91 Å². The summed E-state index contributed by atoms with van der Waals surface area (Å²) in [5, 5.41) is 2.17. The Balaban J connectivity index is 2.29. The SMILES string of the molecule is [C-]#[N+]c1cccc(Cl)c1-c1cccc2ccc(C(=O)N=C(N)N)cc12. The van der Waals surface area contributed by atoms with Crippen LogP contribution in [0.25, 0.3) is 26.7 Å². The maximum absolute atomic E-state index is 12.1. The van der Waals surface area contributed by atoms with Gasteiger partial charge >= 0.3 is 0 Å². The van der Waals surface area contributed by atoms with Gasteiger partial charge in [-0.05, 0) is 34.5 Å². The molecule has 6 heteroatoms. The van der Waals surface area contributed by atoms with Crippen LogP contribution in [0.15, 0.2) is 59.6 Å². The molecule has 0 spiro atoms. The van der Waals surface area contributed by atoms with E-state index in [9.17, 15) is 4.79 Å². The quantitative estimate of drug-likeness (QED) is 0.415. The summed E-state index contributed by atoms with van der Waals surface area (Å²) in [6, 6.07) is 16.0. The van der Waals surface area contributed by atoms with Crippen molar-refractivity contribution in [2.75, 3.05) is 0 Å². The van der Waals surface area contributed by atoms with Crippen LogP contribution >= 0.6 is 11.6 Å². The second kappa shape index (κ2) is 6.63. The number of aliphatic imine (C=N–C) groups is 1. The average molecular weight is 349 g/mol. The Labute approximate surface area is 149 Å². The number of halogens is 1. The summed E-state index contributed by atoms with van der Waals surface area (Å²) < 4.78 is 0. The highest BCUT2D eigenvalue weighted by Gasteiger charge is 2.14. The molecular weight excluding hydrogens is 336 g/mol. The highest BCUT2D eigenvalue weighted by molar-refractivity contribution is 6.34. The Morgan fingerprint density at radius 2 is 1.84 bits per heavy atom. The van der Waals surface area contributed by atoms with Crippen molar-refractivity contribution in [3.05, 3.63) is 76.6 Å². The lowest BCUT2D eigenvalue weighted by Gasteiger charge is -2.11. The molecule has 0 fully saturated rings. The van der Waals surface area contributed by atoms with E-state index in [0.717, 1.165) is 16.3 Å². The van der Waals surface area contributed by atoms with Crippen molar-refractivity contribution in [3.8, 4) is 11.1 Å². The summed E-state index contributed by atoms with van der Waals surface area (Å²) in [6.07, 6.45) is 0. The van der Waals surface area contributed by atoms with Gasteiger partial charge in [-0.2, -0.15) is 4.99 Å². The van der Waals surface area contributed by atoms with E-state index in [0.29, 0.717) is 21.8 Å². The van der Waals surface area contributed by atoms with Crippen molar-refractivity contribution >= 4 is 39.9 Å². The first kappa shape index (κ1) is 16.5. The fraction of sp³-hybridized carbons (Fsp3) is 0. The molecule has 4 N–H and O–H groups in total. The summed E-state index contributed by atoms with van der Waals surface area (Å²) in [7, 11) is 0. The highest BCUT2D eigenvalue weighted by Crippen LogP contribution is 2.40. The van der Waals surface area contributed by atoms with E-state index < -0.39 is 5.91 Å². The Hall–Kier alpha value is -3.36. The molecule has 0 aliphatic heterocycles. The van der Waals surface area contributed by atoms with Crippen LogP contribution in [0, 0.1) is 6.57 Å². The summed E-state index contributed by atoms with van der Waals surface area (Å²) in [6.45, 7) is 7.39. The lowest BCUT2D eigenvalue weighted by atomic mass is 9.95. The van der Waals surface area contributed by atoms with Crippen molar-refractivity contribution in [3.63, 3.8) is 0 Å². The molecule has 122 valence electrons. The highest BCUT2D eigenvalue weighted by atomic mass is 35.5. The number of hydrogen-bond donors (Lipinski definition) is 2. The van der Waals surface area contributed by atoms with E-state index in [1.807, 2.05) is 24.3 Å². The molecule has 0 aliphatic carbocycles. The Kier molecular flexibility index (Phi) is 4.38. The molecular formula is C19H13ClN4O. The molecule has 0 atom stereocenters. The molecule has 0 aliphatic rings. The largest absolute Gasteiger partial charge is 0.370 e. The van der Waals surface area contributed by atoms with E-state index in [2.05, 4.69) is 9.84 Å². The zero-order valence-corrected chi connectivity index (χ0v) is 13.8. The topological polar surface area (TPSA) is 85.8 Å². The monoisotopic (exact) mass is 348 g/mol. The second-order valence-electron chi connectivity index (χ2n) is 5.33. The normalized spacial score (nSPS) is 10.2. The molecule has 0 unspecified atom stereocenters. The minimum atomic E-state index is -0.527. The van der Waals surface area contributed by atoms with Crippen molar-refractivity contribution in [2.24, 2.45) is 16.5 Å². The number of guanidine groups is 1. The molecule has 0 saturated heterocycles. The summed E-state index contributed by atoms with van der Waals surface area (Å²) in [4.78, 5) is 19.2. The van der Waals surface area contributed by atoms with Crippen molar-refractivity contribution < 1.29 is 4.79 Å². The molecule has 5 nitrogen and oxygen atoms in total. The third-order valence-electron chi connectivity index (χ3n) is 3.74.